The second kappa shape index (κ2) is 20.3. The van der Waals surface area contributed by atoms with Crippen molar-refractivity contribution in [2.24, 2.45) is 0 Å². The van der Waals surface area contributed by atoms with Crippen LogP contribution in [-0.4, -0.2) is 93.2 Å². The van der Waals surface area contributed by atoms with Gasteiger partial charge in [0.2, 0.25) is 0 Å². The molecular formula is C26H47Cl4N5O. The van der Waals surface area contributed by atoms with Crippen molar-refractivity contribution in [3.63, 3.8) is 0 Å². The van der Waals surface area contributed by atoms with E-state index >= 15 is 0 Å². The van der Waals surface area contributed by atoms with Crippen LogP contribution < -0.4 is 10.1 Å². The quantitative estimate of drug-likeness (QED) is 0.300. The van der Waals surface area contributed by atoms with E-state index in [1.807, 2.05) is 6.20 Å². The Hall–Kier alpha value is -0.730. The van der Waals surface area contributed by atoms with E-state index < -0.39 is 0 Å². The van der Waals surface area contributed by atoms with Gasteiger partial charge in [0.05, 0.1) is 18.3 Å². The summed E-state index contributed by atoms with van der Waals surface area (Å²) in [5.74, 6) is 0.883. The summed E-state index contributed by atoms with van der Waals surface area (Å²) in [6.45, 7) is 11.7. The molecule has 1 aromatic carbocycles. The molecule has 0 spiro atoms. The Morgan fingerprint density at radius 3 is 2.11 bits per heavy atom. The number of benzene rings is 1. The van der Waals surface area contributed by atoms with Crippen LogP contribution in [0.15, 0.2) is 24.4 Å². The van der Waals surface area contributed by atoms with Crippen molar-refractivity contribution in [3.8, 4) is 5.75 Å². The van der Waals surface area contributed by atoms with Gasteiger partial charge in [0.1, 0.15) is 5.75 Å². The van der Waals surface area contributed by atoms with Crippen LogP contribution in [0, 0.1) is 6.92 Å². The number of anilines is 1. The molecule has 36 heavy (non-hydrogen) atoms. The number of rotatable bonds is 13. The van der Waals surface area contributed by atoms with E-state index in [0.29, 0.717) is 0 Å². The standard InChI is InChI=1S/C26H43N5O.4ClH/c1-22-10-12-28-26-24(22)20-23(32-4)21-25(26)27-11-7-5-6-8-14-30-16-18-31(19-17-30)15-9-13-29(2)3;;;;/h10,12,20-21,27H,5-9,11,13-19H2,1-4H3;4*1H. The number of ether oxygens (including phenoxy) is 1. The van der Waals surface area contributed by atoms with Gasteiger partial charge in [-0.25, -0.2) is 0 Å². The molecule has 0 unspecified atom stereocenters. The fraction of sp³-hybridized carbons (Fsp3) is 0.654. The summed E-state index contributed by atoms with van der Waals surface area (Å²) in [7, 11) is 6.04. The number of piperazine rings is 1. The minimum atomic E-state index is 0. The number of nitrogens with one attached hydrogen (secondary N) is 1. The third-order valence-electron chi connectivity index (χ3n) is 6.53. The number of aromatic nitrogens is 1. The maximum Gasteiger partial charge on any atom is 0.121 e. The lowest BCUT2D eigenvalue weighted by Crippen LogP contribution is -2.47. The highest BCUT2D eigenvalue weighted by molar-refractivity contribution is 5.93. The minimum Gasteiger partial charge on any atom is -0.497 e. The third kappa shape index (κ3) is 12.2. The van der Waals surface area contributed by atoms with Gasteiger partial charge in [-0.15, -0.1) is 49.6 Å². The van der Waals surface area contributed by atoms with Crippen LogP contribution in [0.25, 0.3) is 10.9 Å². The van der Waals surface area contributed by atoms with Gasteiger partial charge in [0.25, 0.3) is 0 Å². The summed E-state index contributed by atoms with van der Waals surface area (Å²) in [5.41, 5.74) is 3.34. The fourth-order valence-corrected chi connectivity index (χ4v) is 4.50. The lowest BCUT2D eigenvalue weighted by Gasteiger charge is -2.34. The molecule has 1 aliphatic rings. The SMILES string of the molecule is COc1cc(NCCCCCCN2CCN(CCCN(C)C)CC2)c2nccc(C)c2c1.Cl.Cl.Cl.Cl. The second-order valence-corrected chi connectivity index (χ2v) is 9.38. The molecule has 1 aromatic heterocycles. The molecule has 0 radical (unpaired) electrons. The van der Waals surface area contributed by atoms with Gasteiger partial charge >= 0.3 is 0 Å². The Kier molecular flexibility index (Phi) is 21.1. The highest BCUT2D eigenvalue weighted by Gasteiger charge is 2.15. The molecule has 2 aromatic rings. The number of halogens is 4. The number of hydrogen-bond donors (Lipinski definition) is 1. The molecule has 1 saturated heterocycles. The number of aryl methyl sites for hydroxylation is 1. The smallest absolute Gasteiger partial charge is 0.121 e. The first-order chi connectivity index (χ1) is 15.6. The van der Waals surface area contributed by atoms with Gasteiger partial charge in [0, 0.05) is 50.4 Å². The molecule has 0 saturated carbocycles. The van der Waals surface area contributed by atoms with Gasteiger partial charge in [-0.2, -0.15) is 0 Å². The molecule has 6 nitrogen and oxygen atoms in total. The molecule has 0 aliphatic carbocycles. The highest BCUT2D eigenvalue weighted by atomic mass is 35.5. The normalized spacial score (nSPS) is 13.8. The zero-order valence-corrected chi connectivity index (χ0v) is 25.6. The van der Waals surface area contributed by atoms with Gasteiger partial charge in [-0.1, -0.05) is 12.8 Å². The van der Waals surface area contributed by atoms with Crippen molar-refractivity contribution < 1.29 is 4.74 Å². The minimum absolute atomic E-state index is 0. The summed E-state index contributed by atoms with van der Waals surface area (Å²) in [6, 6.07) is 6.19. The van der Waals surface area contributed by atoms with Crippen LogP contribution in [0.4, 0.5) is 5.69 Å². The molecule has 10 heteroatoms. The molecule has 0 atom stereocenters. The first-order valence-electron chi connectivity index (χ1n) is 12.3. The Morgan fingerprint density at radius 2 is 1.50 bits per heavy atom. The Balaban J connectivity index is 0. The highest BCUT2D eigenvalue weighted by Crippen LogP contribution is 2.29. The van der Waals surface area contributed by atoms with Crippen LogP contribution in [0.2, 0.25) is 0 Å². The average Bonchev–Trinajstić information content (AvgIpc) is 2.79. The van der Waals surface area contributed by atoms with Gasteiger partial charge < -0.3 is 24.8 Å². The van der Waals surface area contributed by atoms with Crippen molar-refractivity contribution in [1.82, 2.24) is 19.7 Å². The largest absolute Gasteiger partial charge is 0.497 e. The van der Waals surface area contributed by atoms with E-state index in [4.69, 9.17) is 4.74 Å². The van der Waals surface area contributed by atoms with E-state index in [1.54, 1.807) is 7.11 Å². The van der Waals surface area contributed by atoms with E-state index in [2.05, 4.69) is 64.2 Å². The molecule has 1 aliphatic heterocycles. The molecule has 3 rings (SSSR count). The van der Waals surface area contributed by atoms with E-state index in [0.717, 1.165) is 28.9 Å². The predicted octanol–water partition coefficient (Wildman–Crippen LogP) is 5.78. The molecular weight excluding hydrogens is 540 g/mol. The lowest BCUT2D eigenvalue weighted by atomic mass is 10.1. The molecule has 210 valence electrons. The van der Waals surface area contributed by atoms with E-state index in [9.17, 15) is 0 Å². The Labute approximate surface area is 243 Å². The van der Waals surface area contributed by atoms with Crippen molar-refractivity contribution >= 4 is 66.2 Å². The number of unbranched alkanes of at least 4 members (excludes halogenated alkanes) is 3. The maximum absolute atomic E-state index is 5.49. The third-order valence-corrected chi connectivity index (χ3v) is 6.53. The summed E-state index contributed by atoms with van der Waals surface area (Å²) >= 11 is 0. The van der Waals surface area contributed by atoms with Crippen molar-refractivity contribution in [2.45, 2.75) is 39.0 Å². The number of hydrogen-bond acceptors (Lipinski definition) is 6. The number of methoxy groups -OCH3 is 1. The second-order valence-electron chi connectivity index (χ2n) is 9.38. The number of nitrogens with zero attached hydrogens (tertiary/aromatic N) is 4. The monoisotopic (exact) mass is 585 g/mol. The fourth-order valence-electron chi connectivity index (χ4n) is 4.50. The first kappa shape index (κ1) is 37.4. The zero-order chi connectivity index (χ0) is 22.8. The van der Waals surface area contributed by atoms with Crippen LogP contribution >= 0.6 is 49.6 Å². The zero-order valence-electron chi connectivity index (χ0n) is 22.3. The lowest BCUT2D eigenvalue weighted by molar-refractivity contribution is 0.127. The van der Waals surface area contributed by atoms with Crippen molar-refractivity contribution in [1.29, 1.82) is 0 Å². The summed E-state index contributed by atoms with van der Waals surface area (Å²) in [5, 5.41) is 4.76. The van der Waals surface area contributed by atoms with Crippen molar-refractivity contribution in [3.05, 3.63) is 30.0 Å². The van der Waals surface area contributed by atoms with Gasteiger partial charge in [-0.3, -0.25) is 4.98 Å². The number of fused-ring (bicyclic) bond motifs is 1. The molecule has 1 fully saturated rings. The van der Waals surface area contributed by atoms with Crippen LogP contribution in [0.1, 0.15) is 37.7 Å². The van der Waals surface area contributed by atoms with Gasteiger partial charge in [0.15, 0.2) is 0 Å². The Morgan fingerprint density at radius 1 is 0.889 bits per heavy atom. The average molecular weight is 588 g/mol. The van der Waals surface area contributed by atoms with Crippen LogP contribution in [0.3, 0.4) is 0 Å². The van der Waals surface area contributed by atoms with E-state index in [1.165, 1.54) is 83.5 Å². The summed E-state index contributed by atoms with van der Waals surface area (Å²) in [4.78, 5) is 12.2. The Bertz CT molecular complexity index is 835. The molecule has 2 heterocycles. The number of pyridine rings is 1. The van der Waals surface area contributed by atoms with Crippen LogP contribution in [-0.2, 0) is 0 Å². The molecule has 1 N–H and O–H groups in total. The summed E-state index contributed by atoms with van der Waals surface area (Å²) in [6.07, 6.45) is 8.24. The van der Waals surface area contributed by atoms with Gasteiger partial charge in [-0.05, 0) is 77.6 Å². The topological polar surface area (TPSA) is 43.9 Å². The van der Waals surface area contributed by atoms with E-state index in [-0.39, 0.29) is 49.6 Å². The predicted molar refractivity (Wildman–Crippen MR) is 165 cm³/mol. The van der Waals surface area contributed by atoms with Crippen molar-refractivity contribution in [2.75, 3.05) is 78.9 Å². The maximum atomic E-state index is 5.49. The molecule has 0 bridgehead atoms. The summed E-state index contributed by atoms with van der Waals surface area (Å²) < 4.78 is 5.49. The molecule has 0 amide bonds. The first-order valence-corrected chi connectivity index (χ1v) is 12.3. The van der Waals surface area contributed by atoms with Crippen LogP contribution in [0.5, 0.6) is 5.75 Å².